The summed E-state index contributed by atoms with van der Waals surface area (Å²) in [5.74, 6) is 1.90. The molecule has 0 fully saturated rings. The van der Waals surface area contributed by atoms with Crippen LogP contribution in [-0.2, 0) is 12.8 Å². The summed E-state index contributed by atoms with van der Waals surface area (Å²) >= 11 is 0. The fourth-order valence-corrected chi connectivity index (χ4v) is 2.28. The minimum Gasteiger partial charge on any atom is -0.497 e. The van der Waals surface area contributed by atoms with E-state index in [1.165, 1.54) is 30.4 Å². The first-order chi connectivity index (χ1) is 7.35. The molecule has 2 rings (SSSR count). The molecule has 0 saturated heterocycles. The average molecular weight is 206 g/mol. The molecule has 82 valence electrons. The van der Waals surface area contributed by atoms with Gasteiger partial charge in [-0.3, -0.25) is 0 Å². The molecule has 0 spiro atoms. The lowest BCUT2D eigenvalue weighted by atomic mass is 10.0. The predicted octanol–water partition coefficient (Wildman–Crippen LogP) is 2.97. The zero-order chi connectivity index (χ0) is 10.7. The second-order valence-electron chi connectivity index (χ2n) is 4.03. The second kappa shape index (κ2) is 4.56. The molecule has 1 aromatic carbocycles. The fraction of sp³-hybridized carbons (Fsp3) is 0.538. The van der Waals surface area contributed by atoms with Crippen LogP contribution in [0.2, 0.25) is 0 Å². The first kappa shape index (κ1) is 10.3. The fourth-order valence-electron chi connectivity index (χ4n) is 2.28. The topological polar surface area (TPSA) is 18.5 Å². The van der Waals surface area contributed by atoms with Crippen molar-refractivity contribution in [3.63, 3.8) is 0 Å². The molecule has 2 nitrogen and oxygen atoms in total. The molecule has 0 aliphatic heterocycles. The summed E-state index contributed by atoms with van der Waals surface area (Å²) in [6, 6.07) is 4.15. The van der Waals surface area contributed by atoms with Crippen molar-refractivity contribution in [1.29, 1.82) is 0 Å². The van der Waals surface area contributed by atoms with Crippen LogP contribution in [0, 0.1) is 0 Å². The monoisotopic (exact) mass is 206 g/mol. The normalized spacial score (nSPS) is 15.3. The molecule has 0 radical (unpaired) electrons. The second-order valence-corrected chi connectivity index (χ2v) is 4.03. The minimum absolute atomic E-state index is 0.910. The van der Waals surface area contributed by atoms with E-state index in [4.69, 9.17) is 9.47 Å². The molecule has 0 N–H and O–H groups in total. The number of fused-ring (bicyclic) bond motifs is 1. The van der Waals surface area contributed by atoms with E-state index < -0.39 is 0 Å². The highest BCUT2D eigenvalue weighted by Crippen LogP contribution is 2.33. The van der Waals surface area contributed by atoms with Gasteiger partial charge in [-0.25, -0.2) is 0 Å². The van der Waals surface area contributed by atoms with Gasteiger partial charge in [-0.2, -0.15) is 0 Å². The van der Waals surface area contributed by atoms with E-state index in [9.17, 15) is 0 Å². The maximum absolute atomic E-state index is 5.43. The molecule has 1 aliphatic carbocycles. The summed E-state index contributed by atoms with van der Waals surface area (Å²) in [6.07, 6.45) is 6.17. The van der Waals surface area contributed by atoms with Gasteiger partial charge in [0, 0.05) is 6.07 Å². The number of methoxy groups -OCH3 is 2. The molecule has 0 saturated carbocycles. The van der Waals surface area contributed by atoms with Gasteiger partial charge in [-0.15, -0.1) is 0 Å². The third-order valence-electron chi connectivity index (χ3n) is 3.10. The number of aryl methyl sites for hydroxylation is 1. The Morgan fingerprint density at radius 1 is 0.933 bits per heavy atom. The van der Waals surface area contributed by atoms with Crippen molar-refractivity contribution in [3.8, 4) is 11.5 Å². The Morgan fingerprint density at radius 3 is 2.47 bits per heavy atom. The van der Waals surface area contributed by atoms with Crippen LogP contribution in [0.15, 0.2) is 12.1 Å². The molecule has 0 unspecified atom stereocenters. The number of hydrogen-bond donors (Lipinski definition) is 0. The highest BCUT2D eigenvalue weighted by molar-refractivity contribution is 5.47. The Balaban J connectivity index is 2.45. The van der Waals surface area contributed by atoms with Crippen LogP contribution in [0.4, 0.5) is 0 Å². The Morgan fingerprint density at radius 2 is 1.73 bits per heavy atom. The van der Waals surface area contributed by atoms with Crippen LogP contribution in [0.25, 0.3) is 0 Å². The average Bonchev–Trinajstić information content (AvgIpc) is 2.52. The summed E-state index contributed by atoms with van der Waals surface area (Å²) in [4.78, 5) is 0. The van der Waals surface area contributed by atoms with Crippen LogP contribution >= 0.6 is 0 Å². The summed E-state index contributed by atoms with van der Waals surface area (Å²) in [6.45, 7) is 0. The van der Waals surface area contributed by atoms with E-state index in [0.717, 1.165) is 24.3 Å². The van der Waals surface area contributed by atoms with Gasteiger partial charge in [0.1, 0.15) is 11.5 Å². The van der Waals surface area contributed by atoms with E-state index in [-0.39, 0.29) is 0 Å². The predicted molar refractivity (Wildman–Crippen MR) is 60.8 cm³/mol. The first-order valence-corrected chi connectivity index (χ1v) is 5.59. The van der Waals surface area contributed by atoms with Gasteiger partial charge in [0.25, 0.3) is 0 Å². The van der Waals surface area contributed by atoms with Crippen molar-refractivity contribution in [2.24, 2.45) is 0 Å². The van der Waals surface area contributed by atoms with Crippen molar-refractivity contribution in [2.75, 3.05) is 14.2 Å². The highest BCUT2D eigenvalue weighted by Gasteiger charge is 2.14. The SMILES string of the molecule is COc1cc2c(c(OC)c1)CCCCC2. The van der Waals surface area contributed by atoms with Gasteiger partial charge >= 0.3 is 0 Å². The molecule has 0 amide bonds. The Bertz CT molecular complexity index is 345. The van der Waals surface area contributed by atoms with Gasteiger partial charge in [0.2, 0.25) is 0 Å². The van der Waals surface area contributed by atoms with Crippen molar-refractivity contribution in [1.82, 2.24) is 0 Å². The van der Waals surface area contributed by atoms with Gasteiger partial charge in [0.15, 0.2) is 0 Å². The van der Waals surface area contributed by atoms with Crippen LogP contribution in [-0.4, -0.2) is 14.2 Å². The van der Waals surface area contributed by atoms with Crippen molar-refractivity contribution in [2.45, 2.75) is 32.1 Å². The molecule has 0 aromatic heterocycles. The highest BCUT2D eigenvalue weighted by atomic mass is 16.5. The minimum atomic E-state index is 0.910. The van der Waals surface area contributed by atoms with E-state index in [1.54, 1.807) is 14.2 Å². The van der Waals surface area contributed by atoms with Gasteiger partial charge in [0.05, 0.1) is 14.2 Å². The lowest BCUT2D eigenvalue weighted by Gasteiger charge is -2.13. The molecular formula is C13H18O2. The molecule has 0 heterocycles. The lowest BCUT2D eigenvalue weighted by molar-refractivity contribution is 0.390. The third-order valence-corrected chi connectivity index (χ3v) is 3.10. The zero-order valence-corrected chi connectivity index (χ0v) is 9.51. The molecule has 1 aromatic rings. The summed E-state index contributed by atoms with van der Waals surface area (Å²) < 4.78 is 10.7. The van der Waals surface area contributed by atoms with Crippen LogP contribution < -0.4 is 9.47 Å². The van der Waals surface area contributed by atoms with E-state index >= 15 is 0 Å². The molecule has 15 heavy (non-hydrogen) atoms. The molecular weight excluding hydrogens is 188 g/mol. The van der Waals surface area contributed by atoms with Crippen molar-refractivity contribution >= 4 is 0 Å². The largest absolute Gasteiger partial charge is 0.497 e. The standard InChI is InChI=1S/C13H18O2/c1-14-11-8-10-6-4-3-5-7-12(10)13(9-11)15-2/h8-9H,3-7H2,1-2H3. The quantitative estimate of drug-likeness (QED) is 0.693. The number of rotatable bonds is 2. The lowest BCUT2D eigenvalue weighted by Crippen LogP contribution is -1.98. The van der Waals surface area contributed by atoms with Crippen molar-refractivity contribution < 1.29 is 9.47 Å². The molecule has 2 heteroatoms. The van der Waals surface area contributed by atoms with E-state index in [0.29, 0.717) is 0 Å². The van der Waals surface area contributed by atoms with E-state index in [1.807, 2.05) is 6.07 Å². The number of ether oxygens (including phenoxy) is 2. The van der Waals surface area contributed by atoms with E-state index in [2.05, 4.69) is 6.07 Å². The van der Waals surface area contributed by atoms with Crippen molar-refractivity contribution in [3.05, 3.63) is 23.3 Å². The maximum Gasteiger partial charge on any atom is 0.126 e. The van der Waals surface area contributed by atoms with Crippen LogP contribution in [0.5, 0.6) is 11.5 Å². The van der Waals surface area contributed by atoms with Gasteiger partial charge in [-0.1, -0.05) is 6.42 Å². The third kappa shape index (κ3) is 2.09. The summed E-state index contributed by atoms with van der Waals surface area (Å²) in [5.41, 5.74) is 2.79. The van der Waals surface area contributed by atoms with Crippen LogP contribution in [0.3, 0.4) is 0 Å². The van der Waals surface area contributed by atoms with Crippen LogP contribution in [0.1, 0.15) is 30.4 Å². The first-order valence-electron chi connectivity index (χ1n) is 5.59. The Hall–Kier alpha value is -1.18. The number of hydrogen-bond acceptors (Lipinski definition) is 2. The molecule has 0 atom stereocenters. The Labute approximate surface area is 91.2 Å². The smallest absolute Gasteiger partial charge is 0.126 e. The Kier molecular flexibility index (Phi) is 3.14. The molecule has 1 aliphatic rings. The zero-order valence-electron chi connectivity index (χ0n) is 9.51. The summed E-state index contributed by atoms with van der Waals surface area (Å²) in [7, 11) is 3.44. The van der Waals surface area contributed by atoms with Gasteiger partial charge < -0.3 is 9.47 Å². The number of benzene rings is 1. The van der Waals surface area contributed by atoms with Gasteiger partial charge in [-0.05, 0) is 42.9 Å². The summed E-state index contributed by atoms with van der Waals surface area (Å²) in [5, 5.41) is 0. The molecule has 0 bridgehead atoms. The maximum atomic E-state index is 5.43.